The Hall–Kier alpha value is -1.16. The molecule has 0 radical (unpaired) electrons. The van der Waals surface area contributed by atoms with E-state index < -0.39 is 23.9 Å². The fourth-order valence-corrected chi connectivity index (χ4v) is 2.09. The van der Waals surface area contributed by atoms with E-state index in [1.807, 2.05) is 0 Å². The summed E-state index contributed by atoms with van der Waals surface area (Å²) in [7, 11) is 0. The van der Waals surface area contributed by atoms with E-state index in [4.69, 9.17) is 9.84 Å². The molecule has 70 valence electrons. The van der Waals surface area contributed by atoms with Gasteiger partial charge in [-0.05, 0) is 6.92 Å². The molecule has 0 aromatic heterocycles. The van der Waals surface area contributed by atoms with Crippen molar-refractivity contribution in [2.24, 2.45) is 11.8 Å². The fraction of sp³-hybridized carbons (Fsp3) is 0.556. The summed E-state index contributed by atoms with van der Waals surface area (Å²) in [6, 6.07) is 0. The second-order valence-electron chi connectivity index (χ2n) is 3.45. The molecule has 4 nitrogen and oxygen atoms in total. The van der Waals surface area contributed by atoms with Gasteiger partial charge in [-0.15, -0.1) is 0 Å². The summed E-state index contributed by atoms with van der Waals surface area (Å²) in [5.74, 6) is -2.23. The SMILES string of the molecule is CC(=O)C1C2C=CC(O2)C1C(=O)O. The van der Waals surface area contributed by atoms with Crippen molar-refractivity contribution in [1.82, 2.24) is 0 Å². The summed E-state index contributed by atoms with van der Waals surface area (Å²) < 4.78 is 5.31. The number of carboxylic acid groups (broad SMARTS) is 1. The van der Waals surface area contributed by atoms with Crippen LogP contribution in [-0.2, 0) is 14.3 Å². The minimum atomic E-state index is -0.947. The van der Waals surface area contributed by atoms with Crippen molar-refractivity contribution in [3.05, 3.63) is 12.2 Å². The van der Waals surface area contributed by atoms with Crippen LogP contribution >= 0.6 is 0 Å². The second kappa shape index (κ2) is 2.67. The molecule has 2 bridgehead atoms. The Morgan fingerprint density at radius 3 is 2.15 bits per heavy atom. The molecule has 13 heavy (non-hydrogen) atoms. The first-order valence-corrected chi connectivity index (χ1v) is 4.18. The van der Waals surface area contributed by atoms with Crippen LogP contribution in [0.15, 0.2) is 12.2 Å². The normalized spacial score (nSPS) is 41.0. The van der Waals surface area contributed by atoms with Crippen LogP contribution in [0.5, 0.6) is 0 Å². The first-order valence-electron chi connectivity index (χ1n) is 4.18. The first kappa shape index (κ1) is 8.44. The Kier molecular flexibility index (Phi) is 1.73. The van der Waals surface area contributed by atoms with Gasteiger partial charge in [0.2, 0.25) is 0 Å². The van der Waals surface area contributed by atoms with Gasteiger partial charge in [-0.25, -0.2) is 0 Å². The third-order valence-corrected chi connectivity index (χ3v) is 2.65. The molecule has 2 aliphatic heterocycles. The molecule has 0 aromatic carbocycles. The lowest BCUT2D eigenvalue weighted by atomic mass is 9.81. The minimum absolute atomic E-state index is 0.107. The zero-order valence-corrected chi connectivity index (χ0v) is 7.14. The predicted octanol–water partition coefficient (Wildman–Crippen LogP) is 0.230. The zero-order valence-electron chi connectivity index (χ0n) is 7.14. The topological polar surface area (TPSA) is 63.6 Å². The number of Topliss-reactive ketones (excluding diaryl/α,β-unsaturated/α-hetero) is 1. The van der Waals surface area contributed by atoms with Crippen molar-refractivity contribution >= 4 is 11.8 Å². The number of rotatable bonds is 2. The lowest BCUT2D eigenvalue weighted by molar-refractivity contribution is -0.146. The lowest BCUT2D eigenvalue weighted by Crippen LogP contribution is -2.35. The third-order valence-electron chi connectivity index (χ3n) is 2.65. The van der Waals surface area contributed by atoms with Gasteiger partial charge in [0.1, 0.15) is 5.78 Å². The van der Waals surface area contributed by atoms with Crippen molar-refractivity contribution in [3.8, 4) is 0 Å². The molecule has 0 amide bonds. The average Bonchev–Trinajstić information content (AvgIpc) is 2.60. The summed E-state index contributed by atoms with van der Waals surface area (Å²) in [5, 5.41) is 8.89. The number of aliphatic carboxylic acids is 1. The maximum atomic E-state index is 11.2. The van der Waals surface area contributed by atoms with Crippen LogP contribution in [0.25, 0.3) is 0 Å². The molecular weight excluding hydrogens is 172 g/mol. The fourth-order valence-electron chi connectivity index (χ4n) is 2.09. The highest BCUT2D eigenvalue weighted by molar-refractivity contribution is 5.87. The molecule has 4 heteroatoms. The van der Waals surface area contributed by atoms with Crippen LogP contribution < -0.4 is 0 Å². The maximum Gasteiger partial charge on any atom is 0.310 e. The van der Waals surface area contributed by atoms with E-state index in [-0.39, 0.29) is 11.9 Å². The van der Waals surface area contributed by atoms with Gasteiger partial charge in [0.15, 0.2) is 0 Å². The van der Waals surface area contributed by atoms with Gasteiger partial charge in [0.05, 0.1) is 24.0 Å². The molecule has 1 fully saturated rings. The molecule has 4 atom stereocenters. The third kappa shape index (κ3) is 1.09. The smallest absolute Gasteiger partial charge is 0.310 e. The molecule has 0 aromatic rings. The standard InChI is InChI=1S/C9H10O4/c1-4(10)7-5-2-3-6(13-5)8(7)9(11)12/h2-3,5-8H,1H3,(H,11,12). The molecule has 2 aliphatic rings. The van der Waals surface area contributed by atoms with Crippen LogP contribution in [0, 0.1) is 11.8 Å². The Morgan fingerprint density at radius 2 is 1.77 bits per heavy atom. The average molecular weight is 182 g/mol. The summed E-state index contributed by atoms with van der Waals surface area (Å²) in [4.78, 5) is 22.0. The summed E-state index contributed by atoms with van der Waals surface area (Å²) in [6.07, 6.45) is 2.78. The van der Waals surface area contributed by atoms with Crippen molar-refractivity contribution in [2.45, 2.75) is 19.1 Å². The molecule has 0 saturated carbocycles. The second-order valence-corrected chi connectivity index (χ2v) is 3.45. The van der Waals surface area contributed by atoms with Gasteiger partial charge in [0, 0.05) is 0 Å². The number of carbonyl (C=O) groups excluding carboxylic acids is 1. The molecule has 1 saturated heterocycles. The van der Waals surface area contributed by atoms with Gasteiger partial charge < -0.3 is 9.84 Å². The van der Waals surface area contributed by atoms with E-state index >= 15 is 0 Å². The van der Waals surface area contributed by atoms with Crippen LogP contribution in [0.2, 0.25) is 0 Å². The molecular formula is C9H10O4. The molecule has 0 aliphatic carbocycles. The van der Waals surface area contributed by atoms with E-state index in [0.717, 1.165) is 0 Å². The molecule has 1 N–H and O–H groups in total. The molecule has 2 rings (SSSR count). The summed E-state index contributed by atoms with van der Waals surface area (Å²) in [6.45, 7) is 1.42. The lowest BCUT2D eigenvalue weighted by Gasteiger charge is -2.18. The highest BCUT2D eigenvalue weighted by atomic mass is 16.5. The van der Waals surface area contributed by atoms with E-state index in [2.05, 4.69) is 0 Å². The van der Waals surface area contributed by atoms with Crippen LogP contribution in [0.3, 0.4) is 0 Å². The summed E-state index contributed by atoms with van der Waals surface area (Å²) in [5.41, 5.74) is 0. The Morgan fingerprint density at radius 1 is 1.23 bits per heavy atom. The Balaban J connectivity index is 2.30. The van der Waals surface area contributed by atoms with Crippen molar-refractivity contribution in [2.75, 3.05) is 0 Å². The van der Waals surface area contributed by atoms with E-state index in [0.29, 0.717) is 0 Å². The molecule has 2 heterocycles. The van der Waals surface area contributed by atoms with Crippen LogP contribution in [-0.4, -0.2) is 29.1 Å². The molecule has 4 unspecified atom stereocenters. The van der Waals surface area contributed by atoms with E-state index in [1.165, 1.54) is 6.92 Å². The number of hydrogen-bond acceptors (Lipinski definition) is 3. The van der Waals surface area contributed by atoms with E-state index in [9.17, 15) is 9.59 Å². The Labute approximate surface area is 75.2 Å². The van der Waals surface area contributed by atoms with E-state index in [1.54, 1.807) is 12.2 Å². The quantitative estimate of drug-likeness (QED) is 0.621. The summed E-state index contributed by atoms with van der Waals surface area (Å²) >= 11 is 0. The van der Waals surface area contributed by atoms with Gasteiger partial charge in [-0.1, -0.05) is 12.2 Å². The predicted molar refractivity (Wildman–Crippen MR) is 43.1 cm³/mol. The van der Waals surface area contributed by atoms with Crippen LogP contribution in [0.4, 0.5) is 0 Å². The molecule has 0 spiro atoms. The number of ketones is 1. The van der Waals surface area contributed by atoms with Crippen molar-refractivity contribution < 1.29 is 19.4 Å². The minimum Gasteiger partial charge on any atom is -0.481 e. The number of ether oxygens (including phenoxy) is 1. The highest BCUT2D eigenvalue weighted by Gasteiger charge is 2.51. The monoisotopic (exact) mass is 182 g/mol. The maximum absolute atomic E-state index is 11.2. The van der Waals surface area contributed by atoms with Crippen molar-refractivity contribution in [1.29, 1.82) is 0 Å². The highest BCUT2D eigenvalue weighted by Crippen LogP contribution is 2.39. The van der Waals surface area contributed by atoms with Gasteiger partial charge >= 0.3 is 5.97 Å². The van der Waals surface area contributed by atoms with Gasteiger partial charge in [0.25, 0.3) is 0 Å². The number of carbonyl (C=O) groups is 2. The number of fused-ring (bicyclic) bond motifs is 2. The van der Waals surface area contributed by atoms with Crippen LogP contribution in [0.1, 0.15) is 6.92 Å². The van der Waals surface area contributed by atoms with Gasteiger partial charge in [-0.3, -0.25) is 9.59 Å². The van der Waals surface area contributed by atoms with Gasteiger partial charge in [-0.2, -0.15) is 0 Å². The van der Waals surface area contributed by atoms with Crippen molar-refractivity contribution in [3.63, 3.8) is 0 Å². The number of hydrogen-bond donors (Lipinski definition) is 1. The Bertz CT molecular complexity index is 266. The zero-order chi connectivity index (χ0) is 9.59. The first-order chi connectivity index (χ1) is 6.11. The number of carboxylic acids is 1. The largest absolute Gasteiger partial charge is 0.481 e.